The van der Waals surface area contributed by atoms with Crippen LogP contribution in [-0.4, -0.2) is 17.5 Å². The summed E-state index contributed by atoms with van der Waals surface area (Å²) >= 11 is 3.28. The molecule has 0 spiro atoms. The second kappa shape index (κ2) is 4.80. The largest absolute Gasteiger partial charge is 0.296 e. The average Bonchev–Trinajstić information content (AvgIpc) is 2.61. The molecule has 1 aromatic rings. The summed E-state index contributed by atoms with van der Waals surface area (Å²) in [6, 6.07) is 3.01. The van der Waals surface area contributed by atoms with Crippen molar-refractivity contribution in [3.8, 4) is 0 Å². The van der Waals surface area contributed by atoms with Gasteiger partial charge in [-0.05, 0) is 44.0 Å². The van der Waals surface area contributed by atoms with Crippen LogP contribution >= 0.6 is 15.9 Å². The Morgan fingerprint density at radius 2 is 2.06 bits per heavy atom. The van der Waals surface area contributed by atoms with Gasteiger partial charge in [0, 0.05) is 17.1 Å². The fourth-order valence-corrected chi connectivity index (χ4v) is 2.57. The van der Waals surface area contributed by atoms with Gasteiger partial charge in [0.25, 0.3) is 0 Å². The number of halogens is 3. The van der Waals surface area contributed by atoms with E-state index in [-0.39, 0.29) is 0 Å². The van der Waals surface area contributed by atoms with Gasteiger partial charge in [0.2, 0.25) is 0 Å². The lowest BCUT2D eigenvalue weighted by molar-refractivity contribution is 0.259. The quantitative estimate of drug-likeness (QED) is 0.750. The molecule has 0 N–H and O–H groups in total. The van der Waals surface area contributed by atoms with Gasteiger partial charge in [-0.25, -0.2) is 8.78 Å². The van der Waals surface area contributed by atoms with Crippen LogP contribution in [0.4, 0.5) is 8.78 Å². The van der Waals surface area contributed by atoms with E-state index in [2.05, 4.69) is 27.8 Å². The normalized spacial score (nSPS) is 21.6. The Morgan fingerprint density at radius 3 is 2.69 bits per heavy atom. The zero-order valence-electron chi connectivity index (χ0n) is 9.14. The minimum Gasteiger partial charge on any atom is -0.296 e. The molecule has 1 atom stereocenters. The van der Waals surface area contributed by atoms with E-state index in [1.54, 1.807) is 0 Å². The Kier molecular flexibility index (Phi) is 3.60. The van der Waals surface area contributed by atoms with Gasteiger partial charge in [-0.1, -0.05) is 15.9 Å². The molecule has 0 bridgehead atoms. The summed E-state index contributed by atoms with van der Waals surface area (Å²) in [5.74, 6) is -1.57. The SMILES string of the molecule is C[C@H]1CCCN1Cc1cc(F)c(F)cc1Br. The minimum absolute atomic E-state index is 0.528. The van der Waals surface area contributed by atoms with Gasteiger partial charge in [0.05, 0.1) is 0 Å². The topological polar surface area (TPSA) is 3.24 Å². The summed E-state index contributed by atoms with van der Waals surface area (Å²) in [6.45, 7) is 3.88. The van der Waals surface area contributed by atoms with E-state index in [0.29, 0.717) is 17.1 Å². The van der Waals surface area contributed by atoms with E-state index in [4.69, 9.17) is 0 Å². The Labute approximate surface area is 103 Å². The van der Waals surface area contributed by atoms with Crippen molar-refractivity contribution < 1.29 is 8.78 Å². The molecule has 1 heterocycles. The van der Waals surface area contributed by atoms with Crippen molar-refractivity contribution in [3.05, 3.63) is 33.8 Å². The molecular weight excluding hydrogens is 276 g/mol. The van der Waals surface area contributed by atoms with Crippen molar-refractivity contribution >= 4 is 15.9 Å². The predicted octanol–water partition coefficient (Wildman–Crippen LogP) is 3.71. The van der Waals surface area contributed by atoms with E-state index in [1.165, 1.54) is 25.0 Å². The van der Waals surface area contributed by atoms with Crippen molar-refractivity contribution in [1.82, 2.24) is 4.90 Å². The molecule has 0 aliphatic carbocycles. The van der Waals surface area contributed by atoms with Gasteiger partial charge in [-0.3, -0.25) is 4.90 Å². The lowest BCUT2D eigenvalue weighted by atomic mass is 10.2. The molecule has 4 heteroatoms. The van der Waals surface area contributed by atoms with Gasteiger partial charge in [0.1, 0.15) is 0 Å². The second-order valence-corrected chi connectivity index (χ2v) is 5.17. The molecule has 16 heavy (non-hydrogen) atoms. The van der Waals surface area contributed by atoms with Crippen molar-refractivity contribution in [2.24, 2.45) is 0 Å². The fourth-order valence-electron chi connectivity index (χ4n) is 2.13. The zero-order chi connectivity index (χ0) is 11.7. The molecule has 1 nitrogen and oxygen atoms in total. The Hall–Kier alpha value is -0.480. The highest BCUT2D eigenvalue weighted by Gasteiger charge is 2.21. The van der Waals surface area contributed by atoms with E-state index in [0.717, 1.165) is 12.1 Å². The highest BCUT2D eigenvalue weighted by molar-refractivity contribution is 9.10. The highest BCUT2D eigenvalue weighted by Crippen LogP contribution is 2.25. The van der Waals surface area contributed by atoms with Crippen molar-refractivity contribution in [2.45, 2.75) is 32.4 Å². The Morgan fingerprint density at radius 1 is 1.38 bits per heavy atom. The second-order valence-electron chi connectivity index (χ2n) is 4.32. The number of hydrogen-bond acceptors (Lipinski definition) is 1. The van der Waals surface area contributed by atoms with Gasteiger partial charge < -0.3 is 0 Å². The summed E-state index contributed by atoms with van der Waals surface area (Å²) in [5, 5.41) is 0. The molecule has 1 aliphatic heterocycles. The Balaban J connectivity index is 2.18. The van der Waals surface area contributed by atoms with Crippen LogP contribution in [0.5, 0.6) is 0 Å². The van der Waals surface area contributed by atoms with Gasteiger partial charge in [-0.15, -0.1) is 0 Å². The smallest absolute Gasteiger partial charge is 0.159 e. The van der Waals surface area contributed by atoms with Gasteiger partial charge in [-0.2, -0.15) is 0 Å². The molecule has 1 aliphatic rings. The minimum atomic E-state index is -0.801. The number of hydrogen-bond donors (Lipinski definition) is 0. The summed E-state index contributed by atoms with van der Waals surface area (Å²) in [4.78, 5) is 2.29. The maximum absolute atomic E-state index is 13.1. The number of likely N-dealkylation sites (tertiary alicyclic amines) is 1. The van der Waals surface area contributed by atoms with Gasteiger partial charge in [0.15, 0.2) is 11.6 Å². The lowest BCUT2D eigenvalue weighted by Crippen LogP contribution is -2.26. The van der Waals surface area contributed by atoms with Crippen LogP contribution in [-0.2, 0) is 6.54 Å². The molecule has 2 rings (SSSR count). The monoisotopic (exact) mass is 289 g/mol. The van der Waals surface area contributed by atoms with Crippen LogP contribution in [0.1, 0.15) is 25.3 Å². The van der Waals surface area contributed by atoms with Crippen LogP contribution in [0.3, 0.4) is 0 Å². The molecule has 0 unspecified atom stereocenters. The zero-order valence-corrected chi connectivity index (χ0v) is 10.7. The fraction of sp³-hybridized carbons (Fsp3) is 0.500. The maximum Gasteiger partial charge on any atom is 0.159 e. The number of nitrogens with zero attached hydrogens (tertiary/aromatic N) is 1. The highest BCUT2D eigenvalue weighted by atomic mass is 79.9. The third-order valence-electron chi connectivity index (χ3n) is 3.15. The van der Waals surface area contributed by atoms with Crippen LogP contribution in [0.25, 0.3) is 0 Å². The summed E-state index contributed by atoms with van der Waals surface area (Å²) < 4.78 is 26.7. The summed E-state index contributed by atoms with van der Waals surface area (Å²) in [6.07, 6.45) is 2.36. The lowest BCUT2D eigenvalue weighted by Gasteiger charge is -2.21. The van der Waals surface area contributed by atoms with E-state index >= 15 is 0 Å². The maximum atomic E-state index is 13.1. The first-order chi connectivity index (χ1) is 7.58. The van der Waals surface area contributed by atoms with E-state index < -0.39 is 11.6 Å². The standard InChI is InChI=1S/C12H14BrF2N/c1-8-3-2-4-16(8)7-9-5-11(14)12(15)6-10(9)13/h5-6,8H,2-4,7H2,1H3/t8-/m0/s1. The molecule has 88 valence electrons. The van der Waals surface area contributed by atoms with Crippen LogP contribution < -0.4 is 0 Å². The number of benzene rings is 1. The predicted molar refractivity (Wildman–Crippen MR) is 63.2 cm³/mol. The molecule has 0 radical (unpaired) electrons. The third kappa shape index (κ3) is 2.43. The first-order valence-corrected chi connectivity index (χ1v) is 6.24. The van der Waals surface area contributed by atoms with Crippen molar-refractivity contribution in [2.75, 3.05) is 6.54 Å². The van der Waals surface area contributed by atoms with Crippen molar-refractivity contribution in [3.63, 3.8) is 0 Å². The molecule has 0 saturated carbocycles. The summed E-state index contributed by atoms with van der Waals surface area (Å²) in [5.41, 5.74) is 0.813. The summed E-state index contributed by atoms with van der Waals surface area (Å²) in [7, 11) is 0. The molecule has 1 aromatic carbocycles. The molecule has 0 aromatic heterocycles. The van der Waals surface area contributed by atoms with Crippen LogP contribution in [0.15, 0.2) is 16.6 Å². The van der Waals surface area contributed by atoms with Crippen LogP contribution in [0, 0.1) is 11.6 Å². The van der Waals surface area contributed by atoms with E-state index in [1.807, 2.05) is 0 Å². The molecular formula is C12H14BrF2N. The third-order valence-corrected chi connectivity index (χ3v) is 3.89. The first kappa shape index (κ1) is 12.0. The molecule has 0 amide bonds. The molecule has 1 saturated heterocycles. The number of rotatable bonds is 2. The average molecular weight is 290 g/mol. The van der Waals surface area contributed by atoms with Crippen molar-refractivity contribution in [1.29, 1.82) is 0 Å². The molecule has 1 fully saturated rings. The van der Waals surface area contributed by atoms with Crippen LogP contribution in [0.2, 0.25) is 0 Å². The van der Waals surface area contributed by atoms with E-state index in [9.17, 15) is 8.78 Å². The first-order valence-electron chi connectivity index (χ1n) is 5.45. The Bertz CT molecular complexity index is 395. The van der Waals surface area contributed by atoms with Gasteiger partial charge >= 0.3 is 0 Å².